The normalized spacial score (nSPS) is 14.1. The first-order chi connectivity index (χ1) is 15.0. The largest absolute Gasteiger partial charge is 0.493 e. The second-order valence-electron chi connectivity index (χ2n) is 7.33. The summed E-state index contributed by atoms with van der Waals surface area (Å²) in [4.78, 5) is 27.8. The first-order valence-electron chi connectivity index (χ1n) is 10.4. The van der Waals surface area contributed by atoms with Gasteiger partial charge >= 0.3 is 6.09 Å². The molecule has 0 radical (unpaired) electrons. The molecule has 31 heavy (non-hydrogen) atoms. The lowest BCUT2D eigenvalue weighted by Crippen LogP contribution is -3.13. The average molecular weight is 429 g/mol. The molecule has 2 amide bonds. The van der Waals surface area contributed by atoms with Crippen molar-refractivity contribution in [2.75, 3.05) is 52.3 Å². The molecule has 166 valence electrons. The molecule has 8 nitrogen and oxygen atoms in total. The van der Waals surface area contributed by atoms with Gasteiger partial charge in [0.05, 0.1) is 47.0 Å². The fourth-order valence-corrected chi connectivity index (χ4v) is 3.68. The number of carbonyl (C=O) groups is 2. The van der Waals surface area contributed by atoms with Gasteiger partial charge in [-0.25, -0.2) is 4.79 Å². The Morgan fingerprint density at radius 2 is 1.77 bits per heavy atom. The van der Waals surface area contributed by atoms with Gasteiger partial charge in [-0.15, -0.1) is 0 Å². The molecule has 2 N–H and O–H groups in total. The zero-order chi connectivity index (χ0) is 22.2. The van der Waals surface area contributed by atoms with Crippen LogP contribution in [0.4, 0.5) is 10.5 Å². The van der Waals surface area contributed by atoms with E-state index in [0.29, 0.717) is 30.9 Å². The Bertz CT molecular complexity index is 910. The van der Waals surface area contributed by atoms with Crippen molar-refractivity contribution >= 4 is 17.7 Å². The van der Waals surface area contributed by atoms with Gasteiger partial charge in [-0.1, -0.05) is 6.07 Å². The maximum Gasteiger partial charge on any atom is 0.411 e. The molecule has 2 aromatic carbocycles. The molecule has 0 atom stereocenters. The number of amides is 2. The van der Waals surface area contributed by atoms with E-state index in [9.17, 15) is 9.59 Å². The highest BCUT2D eigenvalue weighted by atomic mass is 16.5. The lowest BCUT2D eigenvalue weighted by atomic mass is 10.1. The Morgan fingerprint density at radius 1 is 1.03 bits per heavy atom. The highest BCUT2D eigenvalue weighted by Gasteiger charge is 2.25. The Morgan fingerprint density at radius 3 is 2.45 bits per heavy atom. The smallest absolute Gasteiger partial charge is 0.411 e. The van der Waals surface area contributed by atoms with Crippen LogP contribution in [0.5, 0.6) is 11.5 Å². The fraction of sp³-hybridized carbons (Fsp3) is 0.391. The highest BCUT2D eigenvalue weighted by Crippen LogP contribution is 2.27. The molecule has 0 bridgehead atoms. The summed E-state index contributed by atoms with van der Waals surface area (Å²) >= 11 is 0. The van der Waals surface area contributed by atoms with Crippen LogP contribution >= 0.6 is 0 Å². The van der Waals surface area contributed by atoms with E-state index in [4.69, 9.17) is 14.2 Å². The molecule has 1 fully saturated rings. The third-order valence-corrected chi connectivity index (χ3v) is 5.29. The number of hydrogen-bond donors (Lipinski definition) is 2. The number of benzene rings is 2. The maximum atomic E-state index is 12.9. The van der Waals surface area contributed by atoms with Crippen molar-refractivity contribution in [2.24, 2.45) is 0 Å². The molecular weight excluding hydrogens is 398 g/mol. The van der Waals surface area contributed by atoms with E-state index in [2.05, 4.69) is 5.32 Å². The maximum absolute atomic E-state index is 12.9. The summed E-state index contributed by atoms with van der Waals surface area (Å²) in [6.45, 7) is 5.98. The van der Waals surface area contributed by atoms with E-state index < -0.39 is 6.09 Å². The predicted molar refractivity (Wildman–Crippen MR) is 117 cm³/mol. The topological polar surface area (TPSA) is 81.5 Å². The number of rotatable bonds is 7. The van der Waals surface area contributed by atoms with Crippen LogP contribution in [0.1, 0.15) is 22.8 Å². The second-order valence-corrected chi connectivity index (χ2v) is 7.33. The van der Waals surface area contributed by atoms with Gasteiger partial charge in [0.25, 0.3) is 5.91 Å². The summed E-state index contributed by atoms with van der Waals surface area (Å²) in [6.07, 6.45) is -0.528. The van der Waals surface area contributed by atoms with E-state index >= 15 is 0 Å². The van der Waals surface area contributed by atoms with Gasteiger partial charge in [0, 0.05) is 16.8 Å². The SMILES string of the molecule is CCOC(=O)Nc1cccc(C(=O)N2CC[NH+](Cc3ccc(OC)c(OC)c3)CC2)c1. The van der Waals surface area contributed by atoms with Crippen LogP contribution < -0.4 is 19.7 Å². The van der Waals surface area contributed by atoms with Gasteiger partial charge in [0.1, 0.15) is 6.54 Å². The Hall–Kier alpha value is -3.26. The van der Waals surface area contributed by atoms with Crippen LogP contribution in [0.3, 0.4) is 0 Å². The molecule has 1 saturated heterocycles. The molecule has 3 rings (SSSR count). The number of anilines is 1. The number of carbonyl (C=O) groups excluding carboxylic acids is 2. The highest BCUT2D eigenvalue weighted by molar-refractivity contribution is 5.96. The van der Waals surface area contributed by atoms with Crippen LogP contribution in [0.2, 0.25) is 0 Å². The first-order valence-corrected chi connectivity index (χ1v) is 10.4. The molecule has 8 heteroatoms. The number of quaternary nitrogens is 1. The van der Waals surface area contributed by atoms with Crippen LogP contribution in [0, 0.1) is 0 Å². The van der Waals surface area contributed by atoms with Crippen LogP contribution in [0.25, 0.3) is 0 Å². The van der Waals surface area contributed by atoms with Crippen molar-refractivity contribution in [1.29, 1.82) is 0 Å². The van der Waals surface area contributed by atoms with Crippen LogP contribution in [0.15, 0.2) is 42.5 Å². The van der Waals surface area contributed by atoms with Crippen LogP contribution in [-0.2, 0) is 11.3 Å². The van der Waals surface area contributed by atoms with E-state index in [0.717, 1.165) is 31.1 Å². The average Bonchev–Trinajstić information content (AvgIpc) is 2.79. The van der Waals surface area contributed by atoms with Crippen molar-refractivity contribution in [1.82, 2.24) is 4.90 Å². The van der Waals surface area contributed by atoms with Gasteiger partial charge in [-0.05, 0) is 43.3 Å². The zero-order valence-electron chi connectivity index (χ0n) is 18.3. The molecule has 2 aromatic rings. The van der Waals surface area contributed by atoms with E-state index in [1.807, 2.05) is 23.1 Å². The lowest BCUT2D eigenvalue weighted by Gasteiger charge is -2.32. The molecular formula is C23H30N3O5+. The van der Waals surface area contributed by atoms with Gasteiger partial charge in [-0.2, -0.15) is 0 Å². The zero-order valence-corrected chi connectivity index (χ0v) is 18.3. The minimum atomic E-state index is -0.528. The molecule has 0 saturated carbocycles. The molecule has 1 heterocycles. The monoisotopic (exact) mass is 428 g/mol. The molecule has 0 unspecified atom stereocenters. The summed E-state index contributed by atoms with van der Waals surface area (Å²) in [5, 5.41) is 2.64. The number of nitrogens with one attached hydrogen (secondary N) is 2. The van der Waals surface area contributed by atoms with E-state index in [1.54, 1.807) is 45.4 Å². The number of methoxy groups -OCH3 is 2. The molecule has 0 aromatic heterocycles. The van der Waals surface area contributed by atoms with Crippen molar-refractivity contribution < 1.29 is 28.7 Å². The standard InChI is InChI=1S/C23H29N3O5/c1-4-31-23(28)24-19-7-5-6-18(15-19)22(27)26-12-10-25(11-13-26)16-17-8-9-20(29-2)21(14-17)30-3/h5-9,14-15H,4,10-13,16H2,1-3H3,(H,24,28)/p+1. The first kappa shape index (κ1) is 22.4. The minimum Gasteiger partial charge on any atom is -0.493 e. The van der Waals surface area contributed by atoms with Crippen molar-refractivity contribution in [3.63, 3.8) is 0 Å². The predicted octanol–water partition coefficient (Wildman–Crippen LogP) is 1.81. The summed E-state index contributed by atoms with van der Waals surface area (Å²) < 4.78 is 15.6. The van der Waals surface area contributed by atoms with Gasteiger partial charge in [0.2, 0.25) is 0 Å². The summed E-state index contributed by atoms with van der Waals surface area (Å²) in [7, 11) is 3.26. The Balaban J connectivity index is 1.56. The molecule has 0 spiro atoms. The Labute approximate surface area is 182 Å². The minimum absolute atomic E-state index is 0.0299. The quantitative estimate of drug-likeness (QED) is 0.703. The molecule has 0 aliphatic carbocycles. The Kier molecular flexibility index (Phi) is 7.72. The van der Waals surface area contributed by atoms with Crippen molar-refractivity contribution in [3.8, 4) is 11.5 Å². The summed E-state index contributed by atoms with van der Waals surface area (Å²) in [5.41, 5.74) is 2.27. The third-order valence-electron chi connectivity index (χ3n) is 5.29. The second kappa shape index (κ2) is 10.7. The van der Waals surface area contributed by atoms with E-state index in [1.165, 1.54) is 10.5 Å². The van der Waals surface area contributed by atoms with Gasteiger partial charge < -0.3 is 24.0 Å². The lowest BCUT2D eigenvalue weighted by molar-refractivity contribution is -0.917. The molecule has 1 aliphatic rings. The van der Waals surface area contributed by atoms with Gasteiger partial charge in [0.15, 0.2) is 11.5 Å². The fourth-order valence-electron chi connectivity index (χ4n) is 3.68. The number of nitrogens with zero attached hydrogens (tertiary/aromatic N) is 1. The third kappa shape index (κ3) is 5.88. The van der Waals surface area contributed by atoms with Crippen LogP contribution in [-0.4, -0.2) is 63.9 Å². The summed E-state index contributed by atoms with van der Waals surface area (Å²) in [5.74, 6) is 1.42. The number of piperazine rings is 1. The van der Waals surface area contributed by atoms with Gasteiger partial charge in [-0.3, -0.25) is 10.1 Å². The number of hydrogen-bond acceptors (Lipinski definition) is 5. The summed E-state index contributed by atoms with van der Waals surface area (Å²) in [6, 6.07) is 12.9. The number of ether oxygens (including phenoxy) is 3. The van der Waals surface area contributed by atoms with Crippen molar-refractivity contribution in [2.45, 2.75) is 13.5 Å². The van der Waals surface area contributed by atoms with E-state index in [-0.39, 0.29) is 5.91 Å². The van der Waals surface area contributed by atoms with Crippen molar-refractivity contribution in [3.05, 3.63) is 53.6 Å². The molecule has 1 aliphatic heterocycles.